The molecule has 1 aliphatic heterocycles. The van der Waals surface area contributed by atoms with Crippen molar-refractivity contribution < 1.29 is 19.6 Å². The first kappa shape index (κ1) is 20.5. The van der Waals surface area contributed by atoms with Gasteiger partial charge in [-0.15, -0.1) is 0 Å². The number of nitrogens with one attached hydrogen (secondary N) is 1. The molecule has 0 aliphatic carbocycles. The molecule has 0 aromatic heterocycles. The minimum Gasteiger partial charge on any atom is -0.311 e. The Labute approximate surface area is 169 Å². The summed E-state index contributed by atoms with van der Waals surface area (Å²) in [5.74, 6) is -0.869. The maximum Gasteiger partial charge on any atom is 0.327 e. The molecule has 3 rings (SSSR count). The van der Waals surface area contributed by atoms with Gasteiger partial charge in [-0.05, 0) is 34.2 Å². The zero-order valence-electron chi connectivity index (χ0n) is 16.8. The fourth-order valence-corrected chi connectivity index (χ4v) is 3.21. The Bertz CT molecular complexity index is 915. The number of hydrogen-bond acceptors (Lipinski definition) is 4. The van der Waals surface area contributed by atoms with Crippen LogP contribution >= 0.6 is 0 Å². The number of amides is 4. The first-order valence-electron chi connectivity index (χ1n) is 9.41. The van der Waals surface area contributed by atoms with Crippen LogP contribution in [0.4, 0.5) is 4.79 Å². The van der Waals surface area contributed by atoms with E-state index in [4.69, 9.17) is 5.21 Å². The molecule has 0 atom stereocenters. The van der Waals surface area contributed by atoms with Gasteiger partial charge >= 0.3 is 6.03 Å². The van der Waals surface area contributed by atoms with Gasteiger partial charge in [0, 0.05) is 12.1 Å². The summed E-state index contributed by atoms with van der Waals surface area (Å²) in [6.07, 6.45) is 0. The van der Waals surface area contributed by atoms with Crippen molar-refractivity contribution in [3.05, 3.63) is 70.8 Å². The Balaban J connectivity index is 1.66. The molecule has 2 N–H and O–H groups in total. The van der Waals surface area contributed by atoms with Crippen LogP contribution in [-0.2, 0) is 23.3 Å². The lowest BCUT2D eigenvalue weighted by molar-refractivity contribution is -0.125. The topological polar surface area (TPSA) is 90.0 Å². The fraction of sp³-hybridized carbons (Fsp3) is 0.318. The monoisotopic (exact) mass is 395 g/mol. The molecule has 7 heteroatoms. The lowest BCUT2D eigenvalue weighted by atomic mass is 9.87. The molecular weight excluding hydrogens is 370 g/mol. The van der Waals surface area contributed by atoms with Gasteiger partial charge in [0.2, 0.25) is 0 Å². The number of hydrogen-bond donors (Lipinski definition) is 2. The highest BCUT2D eigenvalue weighted by Gasteiger charge is 2.35. The van der Waals surface area contributed by atoms with E-state index in [0.717, 1.165) is 11.1 Å². The van der Waals surface area contributed by atoms with Crippen molar-refractivity contribution >= 4 is 17.8 Å². The van der Waals surface area contributed by atoms with E-state index in [0.29, 0.717) is 6.54 Å². The van der Waals surface area contributed by atoms with Crippen molar-refractivity contribution in [3.8, 4) is 0 Å². The van der Waals surface area contributed by atoms with E-state index in [2.05, 4.69) is 32.9 Å². The zero-order valence-corrected chi connectivity index (χ0v) is 16.8. The van der Waals surface area contributed by atoms with Crippen LogP contribution in [0.25, 0.3) is 0 Å². The van der Waals surface area contributed by atoms with E-state index in [1.807, 2.05) is 12.1 Å². The lowest BCUT2D eigenvalue weighted by Crippen LogP contribution is -2.32. The summed E-state index contributed by atoms with van der Waals surface area (Å²) < 4.78 is 0. The molecule has 1 saturated heterocycles. The van der Waals surface area contributed by atoms with Crippen molar-refractivity contribution in [1.29, 1.82) is 0 Å². The van der Waals surface area contributed by atoms with Crippen molar-refractivity contribution in [2.45, 2.75) is 39.3 Å². The van der Waals surface area contributed by atoms with Crippen LogP contribution in [0.3, 0.4) is 0 Å². The number of carbonyl (C=O) groups excluding carboxylic acids is 3. The molecule has 29 heavy (non-hydrogen) atoms. The quantitative estimate of drug-likeness (QED) is 0.463. The van der Waals surface area contributed by atoms with Crippen LogP contribution in [0.2, 0.25) is 0 Å². The minimum atomic E-state index is -0.617. The summed E-state index contributed by atoms with van der Waals surface area (Å²) in [7, 11) is 0. The average molecular weight is 395 g/mol. The third-order valence-electron chi connectivity index (χ3n) is 4.98. The Hall–Kier alpha value is -3.19. The predicted octanol–water partition coefficient (Wildman–Crippen LogP) is 3.07. The molecule has 1 fully saturated rings. The third kappa shape index (κ3) is 4.63. The highest BCUT2D eigenvalue weighted by atomic mass is 16.5. The number of imide groups is 1. The number of carbonyl (C=O) groups is 3. The molecule has 0 saturated carbocycles. The van der Waals surface area contributed by atoms with E-state index < -0.39 is 5.91 Å². The van der Waals surface area contributed by atoms with E-state index in [-0.39, 0.29) is 36.0 Å². The van der Waals surface area contributed by atoms with Gasteiger partial charge in [-0.1, -0.05) is 57.2 Å². The van der Waals surface area contributed by atoms with Crippen molar-refractivity contribution in [2.24, 2.45) is 0 Å². The molecule has 1 aliphatic rings. The van der Waals surface area contributed by atoms with E-state index in [1.54, 1.807) is 17.6 Å². The number of rotatable bonds is 5. The second kappa shape index (κ2) is 8.05. The summed E-state index contributed by atoms with van der Waals surface area (Å²) >= 11 is 0. The van der Waals surface area contributed by atoms with Crippen LogP contribution in [0, 0.1) is 0 Å². The smallest absolute Gasteiger partial charge is 0.311 e. The SMILES string of the molecule is CC(C)(C)c1ccc(CN2CC(=O)N(Cc3ccc(C(=O)NO)cc3)C2=O)cc1. The fourth-order valence-electron chi connectivity index (χ4n) is 3.21. The highest BCUT2D eigenvalue weighted by molar-refractivity contribution is 6.02. The first-order valence-corrected chi connectivity index (χ1v) is 9.41. The molecular formula is C22H25N3O4. The number of nitrogens with zero attached hydrogens (tertiary/aromatic N) is 2. The maximum atomic E-state index is 12.7. The Morgan fingerprint density at radius 1 is 0.966 bits per heavy atom. The van der Waals surface area contributed by atoms with Gasteiger partial charge in [0.1, 0.15) is 6.54 Å². The minimum absolute atomic E-state index is 0.0465. The van der Waals surface area contributed by atoms with Crippen molar-refractivity contribution in [3.63, 3.8) is 0 Å². The van der Waals surface area contributed by atoms with Gasteiger partial charge in [0.15, 0.2) is 0 Å². The molecule has 7 nitrogen and oxygen atoms in total. The first-order chi connectivity index (χ1) is 13.7. The predicted molar refractivity (Wildman–Crippen MR) is 107 cm³/mol. The molecule has 4 amide bonds. The molecule has 0 radical (unpaired) electrons. The summed E-state index contributed by atoms with van der Waals surface area (Å²) in [6.45, 7) is 6.99. The molecule has 2 aromatic rings. The highest BCUT2D eigenvalue weighted by Crippen LogP contribution is 2.23. The largest absolute Gasteiger partial charge is 0.327 e. The van der Waals surface area contributed by atoms with E-state index >= 15 is 0 Å². The van der Waals surface area contributed by atoms with Gasteiger partial charge in [0.25, 0.3) is 11.8 Å². The van der Waals surface area contributed by atoms with Crippen LogP contribution < -0.4 is 5.48 Å². The van der Waals surface area contributed by atoms with E-state index in [9.17, 15) is 14.4 Å². The number of hydroxylamine groups is 1. The second-order valence-electron chi connectivity index (χ2n) is 8.20. The van der Waals surface area contributed by atoms with Gasteiger partial charge in [-0.3, -0.25) is 19.7 Å². The van der Waals surface area contributed by atoms with Crippen LogP contribution in [-0.4, -0.2) is 39.4 Å². The third-order valence-corrected chi connectivity index (χ3v) is 4.98. The van der Waals surface area contributed by atoms with Crippen molar-refractivity contribution in [1.82, 2.24) is 15.3 Å². The molecule has 0 unspecified atom stereocenters. The van der Waals surface area contributed by atoms with Crippen molar-refractivity contribution in [2.75, 3.05) is 6.54 Å². The Morgan fingerprint density at radius 2 is 1.52 bits per heavy atom. The molecule has 1 heterocycles. The van der Waals surface area contributed by atoms with Gasteiger partial charge in [-0.2, -0.15) is 0 Å². The normalized spacial score (nSPS) is 14.5. The van der Waals surface area contributed by atoms with Crippen LogP contribution in [0.1, 0.15) is 47.8 Å². The Kier molecular flexibility index (Phi) is 5.70. The number of urea groups is 1. The van der Waals surface area contributed by atoms with Gasteiger partial charge in [0.05, 0.1) is 6.54 Å². The molecule has 0 bridgehead atoms. The summed E-state index contributed by atoms with van der Waals surface area (Å²) in [6, 6.07) is 14.1. The van der Waals surface area contributed by atoms with Gasteiger partial charge in [-0.25, -0.2) is 10.3 Å². The summed E-state index contributed by atoms with van der Waals surface area (Å²) in [5, 5.41) is 8.66. The summed E-state index contributed by atoms with van der Waals surface area (Å²) in [5.41, 5.74) is 4.82. The molecule has 152 valence electrons. The Morgan fingerprint density at radius 3 is 2.07 bits per heavy atom. The average Bonchev–Trinajstić information content (AvgIpc) is 2.95. The van der Waals surface area contributed by atoms with Crippen LogP contribution in [0.5, 0.6) is 0 Å². The number of benzene rings is 2. The standard InChI is InChI=1S/C22H25N3O4/c1-22(2,3)18-10-6-15(7-11-18)12-24-14-19(26)25(21(24)28)13-16-4-8-17(9-5-16)20(27)23-29/h4-11,29H,12-14H2,1-3H3,(H,23,27). The van der Waals surface area contributed by atoms with E-state index in [1.165, 1.54) is 27.5 Å². The zero-order chi connectivity index (χ0) is 21.2. The maximum absolute atomic E-state index is 12.7. The van der Waals surface area contributed by atoms with Crippen LogP contribution in [0.15, 0.2) is 48.5 Å². The molecule has 0 spiro atoms. The lowest BCUT2D eigenvalue weighted by Gasteiger charge is -2.20. The van der Waals surface area contributed by atoms with Gasteiger partial charge < -0.3 is 4.90 Å². The second-order valence-corrected chi connectivity index (χ2v) is 8.20. The summed E-state index contributed by atoms with van der Waals surface area (Å²) in [4.78, 5) is 39.2. The molecule has 2 aromatic carbocycles.